The van der Waals surface area contributed by atoms with Crippen LogP contribution in [-0.2, 0) is 23.8 Å². The molecule has 0 aliphatic carbocycles. The highest BCUT2D eigenvalue weighted by Gasteiger charge is 2.26. The zero-order valence-electron chi connectivity index (χ0n) is 42.6. The molecule has 0 aliphatic heterocycles. The number of carbonyl (C=O) groups excluding carboxylic acids is 3. The first-order valence-electron chi connectivity index (χ1n) is 23.8. The molecule has 17 nitrogen and oxygen atoms in total. The van der Waals surface area contributed by atoms with E-state index < -0.39 is 17.7 Å². The van der Waals surface area contributed by atoms with E-state index in [-0.39, 0.29) is 44.2 Å². The Bertz CT molecular complexity index is 2420. The number of hydrogen-bond donors (Lipinski definition) is 6. The van der Waals surface area contributed by atoms with Crippen LogP contribution < -0.4 is 31.9 Å². The molecule has 2 atom stereocenters. The summed E-state index contributed by atoms with van der Waals surface area (Å²) in [6.45, 7) is 14.4. The number of likely N-dealkylation sites (N-methyl/N-ethyl adjacent to an activating group) is 1. The Morgan fingerprint density at radius 2 is 1.15 bits per heavy atom. The van der Waals surface area contributed by atoms with Crippen LogP contribution in [0.25, 0.3) is 0 Å². The van der Waals surface area contributed by atoms with Gasteiger partial charge in [0.15, 0.2) is 0 Å². The summed E-state index contributed by atoms with van der Waals surface area (Å²) in [5, 5.41) is 18.3. The number of nitrogens with one attached hydrogen (secondary N) is 6. The summed E-state index contributed by atoms with van der Waals surface area (Å²) >= 11 is 0. The zero-order chi connectivity index (χ0) is 52.0. The Labute approximate surface area is 432 Å². The second kappa shape index (κ2) is 35.1. The van der Waals surface area contributed by atoms with E-state index in [1.165, 1.54) is 36.2 Å². The summed E-state index contributed by atoms with van der Waals surface area (Å²) in [7, 11) is 4.84. The van der Waals surface area contributed by atoms with E-state index in [0.29, 0.717) is 105 Å². The zero-order valence-corrected chi connectivity index (χ0v) is 42.6. The minimum Gasteiger partial charge on any atom is -0.444 e. The number of rotatable bonds is 24. The van der Waals surface area contributed by atoms with E-state index in [9.17, 15) is 23.2 Å². The second-order valence-corrected chi connectivity index (χ2v) is 17.2. The Morgan fingerprint density at radius 1 is 0.699 bits per heavy atom. The van der Waals surface area contributed by atoms with Crippen molar-refractivity contribution in [2.24, 2.45) is 5.92 Å². The number of halogens is 2. The first-order valence-corrected chi connectivity index (χ1v) is 23.8. The summed E-state index contributed by atoms with van der Waals surface area (Å²) in [6.07, 6.45) is 7.69. The number of hydrogen-bond acceptors (Lipinski definition) is 14. The van der Waals surface area contributed by atoms with Gasteiger partial charge in [0.05, 0.1) is 23.5 Å². The lowest BCUT2D eigenvalue weighted by atomic mass is 10.1. The van der Waals surface area contributed by atoms with Gasteiger partial charge >= 0.3 is 6.09 Å². The standard InChI is InChI=1S/C28H39FN6O4.C24H32FN5O2.2CH4/c1-20(35(5)27(37)39-28(2,3)4)25(36)31-15-9-7-8-12-21-19-32-26(33-23-14-10-13-22(29)18-23)34-24(21)30-16-11-17-38-6;1-4-18(2)23(31)27-13-7-5-6-10-19-17-28-24(29-21-12-8-11-20(25)16-21)30-22(19)26-14-9-15-32-3;;/h10,13-14,18-20H,7,9,11,15-17H2,1-6H3,(H,31,36)(H2,30,32,33,34);8,11-12,16-18H,4-5,7,9,13-15H2,1-3H3,(H,27,31)(H2,26,28,29,30);2*1H4/t20-;18-;;/m01../s1. The second-order valence-electron chi connectivity index (χ2n) is 17.2. The quantitative estimate of drug-likeness (QED) is 0.0286. The fraction of sp³-hybridized carbons (Fsp3) is 0.500. The summed E-state index contributed by atoms with van der Waals surface area (Å²) in [6, 6.07) is 11.5. The summed E-state index contributed by atoms with van der Waals surface area (Å²) in [5.74, 6) is 13.4. The molecule has 0 unspecified atom stereocenters. The molecule has 6 N–H and O–H groups in total. The number of carbonyl (C=O) groups is 3. The van der Waals surface area contributed by atoms with Gasteiger partial charge in [-0.3, -0.25) is 14.5 Å². The number of aromatic nitrogens is 4. The lowest BCUT2D eigenvalue weighted by Crippen LogP contribution is -2.47. The number of anilines is 6. The van der Waals surface area contributed by atoms with Crippen LogP contribution in [0.5, 0.6) is 0 Å². The third-order valence-corrected chi connectivity index (χ3v) is 10.1. The largest absolute Gasteiger partial charge is 0.444 e. The lowest BCUT2D eigenvalue weighted by Gasteiger charge is -2.28. The van der Waals surface area contributed by atoms with Gasteiger partial charge in [-0.25, -0.2) is 23.5 Å². The molecule has 19 heteroatoms. The number of unbranched alkanes of at least 4 members (excludes halogenated alkanes) is 2. The molecule has 0 fully saturated rings. The van der Waals surface area contributed by atoms with Crippen molar-refractivity contribution in [3.8, 4) is 23.7 Å². The van der Waals surface area contributed by atoms with E-state index in [1.807, 2.05) is 13.8 Å². The monoisotopic (exact) mass is 1020 g/mol. The Hall–Kier alpha value is -7.09. The molecule has 2 aromatic carbocycles. The predicted molar refractivity (Wildman–Crippen MR) is 288 cm³/mol. The van der Waals surface area contributed by atoms with Crippen molar-refractivity contribution in [1.82, 2.24) is 35.5 Å². The number of benzene rings is 2. The molecule has 400 valence electrons. The number of amides is 3. The Balaban J connectivity index is 0.000000723. The lowest BCUT2D eigenvalue weighted by molar-refractivity contribution is -0.125. The molecule has 0 saturated heterocycles. The van der Waals surface area contributed by atoms with Crippen LogP contribution in [-0.4, -0.2) is 115 Å². The highest BCUT2D eigenvalue weighted by molar-refractivity contribution is 5.85. The van der Waals surface area contributed by atoms with Crippen molar-refractivity contribution in [3.63, 3.8) is 0 Å². The maximum absolute atomic E-state index is 13.5. The fourth-order valence-electron chi connectivity index (χ4n) is 5.84. The summed E-state index contributed by atoms with van der Waals surface area (Å²) in [5.41, 5.74) is 1.76. The normalized spacial score (nSPS) is 11.1. The third-order valence-electron chi connectivity index (χ3n) is 10.1. The highest BCUT2D eigenvalue weighted by atomic mass is 19.1. The fourth-order valence-corrected chi connectivity index (χ4v) is 5.84. The maximum Gasteiger partial charge on any atom is 0.410 e. The van der Waals surface area contributed by atoms with Gasteiger partial charge in [-0.1, -0.05) is 64.5 Å². The van der Waals surface area contributed by atoms with Crippen molar-refractivity contribution in [3.05, 3.63) is 83.7 Å². The van der Waals surface area contributed by atoms with E-state index in [1.54, 1.807) is 78.6 Å². The van der Waals surface area contributed by atoms with Gasteiger partial charge in [0.1, 0.15) is 34.9 Å². The van der Waals surface area contributed by atoms with Crippen molar-refractivity contribution in [2.75, 3.05) is 81.9 Å². The molecule has 73 heavy (non-hydrogen) atoms. The van der Waals surface area contributed by atoms with Crippen LogP contribution in [0.15, 0.2) is 60.9 Å². The van der Waals surface area contributed by atoms with Crippen LogP contribution >= 0.6 is 0 Å². The minimum atomic E-state index is -0.672. The Kier molecular flexibility index (Phi) is 30.7. The van der Waals surface area contributed by atoms with Crippen molar-refractivity contribution < 1.29 is 37.4 Å². The topological polar surface area (TPSA) is 206 Å². The molecule has 0 radical (unpaired) electrons. The molecule has 0 bridgehead atoms. The molecule has 2 heterocycles. The minimum absolute atomic E-state index is 0. The molecular weight excluding hydrogens is 937 g/mol. The van der Waals surface area contributed by atoms with Crippen LogP contribution in [0, 0.1) is 41.2 Å². The summed E-state index contributed by atoms with van der Waals surface area (Å²) < 4.78 is 42.4. The summed E-state index contributed by atoms with van der Waals surface area (Å²) in [4.78, 5) is 55.3. The Morgan fingerprint density at radius 3 is 1.56 bits per heavy atom. The molecule has 0 aliphatic rings. The van der Waals surface area contributed by atoms with Crippen LogP contribution in [0.2, 0.25) is 0 Å². The smallest absolute Gasteiger partial charge is 0.410 e. The van der Waals surface area contributed by atoms with E-state index in [2.05, 4.69) is 75.5 Å². The van der Waals surface area contributed by atoms with Gasteiger partial charge < -0.3 is 46.1 Å². The first-order chi connectivity index (χ1) is 34.0. The van der Waals surface area contributed by atoms with Gasteiger partial charge in [0, 0.05) is 90.8 Å². The molecule has 2 aromatic heterocycles. The van der Waals surface area contributed by atoms with Gasteiger partial charge in [-0.2, -0.15) is 9.97 Å². The van der Waals surface area contributed by atoms with Gasteiger partial charge in [-0.15, -0.1) is 0 Å². The van der Waals surface area contributed by atoms with E-state index >= 15 is 0 Å². The highest BCUT2D eigenvalue weighted by Crippen LogP contribution is 2.20. The molecule has 0 saturated carbocycles. The van der Waals surface area contributed by atoms with Gasteiger partial charge in [0.2, 0.25) is 23.7 Å². The molecule has 4 rings (SSSR count). The van der Waals surface area contributed by atoms with E-state index in [4.69, 9.17) is 14.2 Å². The van der Waals surface area contributed by atoms with Gasteiger partial charge in [0.25, 0.3) is 0 Å². The van der Waals surface area contributed by atoms with Crippen LogP contribution in [0.1, 0.15) is 112 Å². The van der Waals surface area contributed by atoms with Crippen LogP contribution in [0.3, 0.4) is 0 Å². The first kappa shape index (κ1) is 63.9. The molecule has 3 amide bonds. The number of methoxy groups -OCH3 is 2. The molecule has 4 aromatic rings. The van der Waals surface area contributed by atoms with Crippen LogP contribution in [0.4, 0.5) is 48.5 Å². The number of nitrogens with zero attached hydrogens (tertiary/aromatic N) is 5. The molecular formula is C54H79F2N11O6. The average molecular weight is 1020 g/mol. The third kappa shape index (κ3) is 25.7. The van der Waals surface area contributed by atoms with E-state index in [0.717, 1.165) is 25.7 Å². The SMILES string of the molecule is C.C.CC[C@@H](C)C(=O)NCCCC#Cc1cnc(Nc2cccc(F)c2)nc1NCCCOC.COCCCNc1nc(Nc2cccc(F)c2)ncc1C#CCCCNC(=O)[C@H](C)N(C)C(=O)OC(C)(C)C. The van der Waals surface area contributed by atoms with Gasteiger partial charge in [-0.05, 0) is 96.2 Å². The predicted octanol–water partition coefficient (Wildman–Crippen LogP) is 9.68. The average Bonchev–Trinajstić information content (AvgIpc) is 3.33. The van der Waals surface area contributed by atoms with Crippen molar-refractivity contribution >= 4 is 52.8 Å². The molecule has 0 spiro atoms. The number of ether oxygens (including phenoxy) is 3. The van der Waals surface area contributed by atoms with Crippen molar-refractivity contribution in [1.29, 1.82) is 0 Å². The van der Waals surface area contributed by atoms with Crippen molar-refractivity contribution in [2.45, 2.75) is 113 Å². The maximum atomic E-state index is 13.5.